The van der Waals surface area contributed by atoms with Crippen molar-refractivity contribution in [2.45, 2.75) is 26.8 Å². The van der Waals surface area contributed by atoms with Crippen LogP contribution in [0.1, 0.15) is 25.5 Å². The Morgan fingerprint density at radius 1 is 1.57 bits per heavy atom. The van der Waals surface area contributed by atoms with Crippen molar-refractivity contribution in [1.29, 1.82) is 0 Å². The van der Waals surface area contributed by atoms with Gasteiger partial charge in [-0.15, -0.1) is 0 Å². The molecule has 0 aliphatic rings. The van der Waals surface area contributed by atoms with Crippen LogP contribution in [0.2, 0.25) is 0 Å². The normalized spacial score (nSPS) is 10.4. The van der Waals surface area contributed by atoms with Gasteiger partial charge in [-0.05, 0) is 20.8 Å². The van der Waals surface area contributed by atoms with Crippen LogP contribution in [0.25, 0.3) is 0 Å². The summed E-state index contributed by atoms with van der Waals surface area (Å²) in [6.45, 7) is 10.0. The first-order chi connectivity index (χ1) is 6.56. The van der Waals surface area contributed by atoms with Crippen LogP contribution in [-0.2, 0) is 0 Å². The molecule has 1 aromatic rings. The van der Waals surface area contributed by atoms with E-state index in [1.165, 1.54) is 0 Å². The van der Waals surface area contributed by atoms with Gasteiger partial charge in [-0.2, -0.15) is 5.10 Å². The number of anilines is 1. The van der Waals surface area contributed by atoms with Crippen LogP contribution in [0.15, 0.2) is 18.6 Å². The lowest BCUT2D eigenvalue weighted by atomic mass is 10.3. The van der Waals surface area contributed by atoms with Crippen LogP contribution < -0.4 is 10.6 Å². The summed E-state index contributed by atoms with van der Waals surface area (Å²) in [6.07, 6.45) is 1.85. The third-order valence-corrected chi connectivity index (χ3v) is 2.04. The van der Waals surface area contributed by atoms with Gasteiger partial charge in [0.25, 0.3) is 0 Å². The molecule has 0 saturated heterocycles. The number of hydrogen-bond acceptors (Lipinski definition) is 3. The van der Waals surface area contributed by atoms with Crippen LogP contribution in [0.4, 0.5) is 5.82 Å². The van der Waals surface area contributed by atoms with Crippen LogP contribution >= 0.6 is 0 Å². The lowest BCUT2D eigenvalue weighted by Crippen LogP contribution is -2.17. The Kier molecular flexibility index (Phi) is 3.17. The largest absolute Gasteiger partial charge is 0.375 e. The molecule has 0 saturated carbocycles. The monoisotopic (exact) mass is 194 g/mol. The standard InChI is InChI=1S/C10H18N4/c1-7(2)14-10(8(3)6-12-14)13-9(4)11-5/h6-7,11,13H,4H2,1-3,5H3. The molecule has 0 bridgehead atoms. The van der Waals surface area contributed by atoms with Gasteiger partial charge in [-0.3, -0.25) is 0 Å². The van der Waals surface area contributed by atoms with Crippen molar-refractivity contribution in [2.24, 2.45) is 0 Å². The Morgan fingerprint density at radius 3 is 2.71 bits per heavy atom. The summed E-state index contributed by atoms with van der Waals surface area (Å²) in [5.74, 6) is 1.77. The second-order valence-electron chi connectivity index (χ2n) is 3.57. The molecule has 0 spiro atoms. The first-order valence-electron chi connectivity index (χ1n) is 4.74. The van der Waals surface area contributed by atoms with Crippen molar-refractivity contribution in [3.8, 4) is 0 Å². The summed E-state index contributed by atoms with van der Waals surface area (Å²) in [4.78, 5) is 0. The fraction of sp³-hybridized carbons (Fsp3) is 0.500. The fourth-order valence-electron chi connectivity index (χ4n) is 1.20. The summed E-state index contributed by atoms with van der Waals surface area (Å²) in [5.41, 5.74) is 1.12. The molecule has 1 aromatic heterocycles. The minimum absolute atomic E-state index is 0.343. The van der Waals surface area contributed by atoms with E-state index in [-0.39, 0.29) is 0 Å². The van der Waals surface area contributed by atoms with E-state index >= 15 is 0 Å². The summed E-state index contributed by atoms with van der Waals surface area (Å²) in [6, 6.07) is 0.343. The molecular weight excluding hydrogens is 176 g/mol. The highest BCUT2D eigenvalue weighted by atomic mass is 15.3. The van der Waals surface area contributed by atoms with Gasteiger partial charge in [0.15, 0.2) is 0 Å². The van der Waals surface area contributed by atoms with E-state index in [1.54, 1.807) is 0 Å². The molecular formula is C10H18N4. The summed E-state index contributed by atoms with van der Waals surface area (Å²) in [5, 5.41) is 10.4. The topological polar surface area (TPSA) is 41.9 Å². The van der Waals surface area contributed by atoms with Gasteiger partial charge in [0.05, 0.1) is 12.0 Å². The molecule has 0 radical (unpaired) electrons. The quantitative estimate of drug-likeness (QED) is 0.769. The molecule has 0 unspecified atom stereocenters. The van der Waals surface area contributed by atoms with Gasteiger partial charge in [0.1, 0.15) is 5.82 Å². The molecule has 0 aliphatic carbocycles. The highest BCUT2D eigenvalue weighted by molar-refractivity contribution is 5.47. The van der Waals surface area contributed by atoms with Crippen molar-refractivity contribution >= 4 is 5.82 Å². The summed E-state index contributed by atoms with van der Waals surface area (Å²) < 4.78 is 1.94. The second kappa shape index (κ2) is 4.17. The van der Waals surface area contributed by atoms with Crippen molar-refractivity contribution < 1.29 is 0 Å². The van der Waals surface area contributed by atoms with Gasteiger partial charge < -0.3 is 10.6 Å². The second-order valence-corrected chi connectivity index (χ2v) is 3.57. The molecule has 4 heteroatoms. The number of aromatic nitrogens is 2. The Bertz CT molecular complexity index is 325. The Labute approximate surface area is 85.0 Å². The highest BCUT2D eigenvalue weighted by Gasteiger charge is 2.09. The number of nitrogens with one attached hydrogen (secondary N) is 2. The predicted octanol–water partition coefficient (Wildman–Crippen LogP) is 1.87. The average Bonchev–Trinajstić information content (AvgIpc) is 2.48. The van der Waals surface area contributed by atoms with Crippen molar-refractivity contribution in [2.75, 3.05) is 12.4 Å². The smallest absolute Gasteiger partial charge is 0.132 e. The average molecular weight is 194 g/mol. The van der Waals surface area contributed by atoms with E-state index in [1.807, 2.05) is 24.9 Å². The van der Waals surface area contributed by atoms with Crippen molar-refractivity contribution in [3.63, 3.8) is 0 Å². The third kappa shape index (κ3) is 2.07. The first kappa shape index (κ1) is 10.6. The molecule has 2 N–H and O–H groups in total. The lowest BCUT2D eigenvalue weighted by molar-refractivity contribution is 0.538. The summed E-state index contributed by atoms with van der Waals surface area (Å²) in [7, 11) is 1.83. The van der Waals surface area contributed by atoms with E-state index in [4.69, 9.17) is 0 Å². The zero-order chi connectivity index (χ0) is 10.7. The maximum absolute atomic E-state index is 4.29. The lowest BCUT2D eigenvalue weighted by Gasteiger charge is -2.14. The van der Waals surface area contributed by atoms with Gasteiger partial charge in [-0.1, -0.05) is 6.58 Å². The highest BCUT2D eigenvalue weighted by Crippen LogP contribution is 2.19. The Morgan fingerprint density at radius 2 is 2.21 bits per heavy atom. The molecule has 14 heavy (non-hydrogen) atoms. The van der Waals surface area contributed by atoms with E-state index in [0.717, 1.165) is 17.2 Å². The molecule has 1 heterocycles. The predicted molar refractivity (Wildman–Crippen MR) is 59.2 cm³/mol. The van der Waals surface area contributed by atoms with E-state index < -0.39 is 0 Å². The van der Waals surface area contributed by atoms with Gasteiger partial charge in [-0.25, -0.2) is 4.68 Å². The van der Waals surface area contributed by atoms with E-state index in [0.29, 0.717) is 6.04 Å². The molecule has 78 valence electrons. The van der Waals surface area contributed by atoms with Crippen molar-refractivity contribution in [1.82, 2.24) is 15.1 Å². The van der Waals surface area contributed by atoms with Crippen LogP contribution in [0, 0.1) is 6.92 Å². The Balaban J connectivity index is 2.93. The third-order valence-electron chi connectivity index (χ3n) is 2.04. The SMILES string of the molecule is C=C(NC)Nc1c(C)cnn1C(C)C. The molecule has 0 aromatic carbocycles. The first-order valence-corrected chi connectivity index (χ1v) is 4.74. The fourth-order valence-corrected chi connectivity index (χ4v) is 1.20. The zero-order valence-electron chi connectivity index (χ0n) is 9.26. The molecule has 4 nitrogen and oxygen atoms in total. The van der Waals surface area contributed by atoms with Gasteiger partial charge in [0.2, 0.25) is 0 Å². The summed E-state index contributed by atoms with van der Waals surface area (Å²) >= 11 is 0. The molecule has 0 atom stereocenters. The van der Waals surface area contributed by atoms with E-state index in [9.17, 15) is 0 Å². The molecule has 0 fully saturated rings. The minimum Gasteiger partial charge on any atom is -0.375 e. The maximum Gasteiger partial charge on any atom is 0.132 e. The number of nitrogens with zero attached hydrogens (tertiary/aromatic N) is 2. The Hall–Kier alpha value is -1.45. The van der Waals surface area contributed by atoms with Crippen LogP contribution in [0.5, 0.6) is 0 Å². The molecule has 0 amide bonds. The zero-order valence-corrected chi connectivity index (χ0v) is 9.26. The van der Waals surface area contributed by atoms with Gasteiger partial charge in [0, 0.05) is 18.7 Å². The maximum atomic E-state index is 4.29. The number of hydrogen-bond donors (Lipinski definition) is 2. The van der Waals surface area contributed by atoms with E-state index in [2.05, 4.69) is 36.2 Å². The van der Waals surface area contributed by atoms with Gasteiger partial charge >= 0.3 is 0 Å². The minimum atomic E-state index is 0.343. The number of aryl methyl sites for hydroxylation is 1. The number of rotatable bonds is 4. The van der Waals surface area contributed by atoms with Crippen LogP contribution in [-0.4, -0.2) is 16.8 Å². The molecule has 1 rings (SSSR count). The molecule has 0 aliphatic heterocycles. The van der Waals surface area contributed by atoms with Crippen LogP contribution in [0.3, 0.4) is 0 Å². The van der Waals surface area contributed by atoms with Crippen molar-refractivity contribution in [3.05, 3.63) is 24.2 Å².